The Morgan fingerprint density at radius 2 is 0.627 bits per heavy atom. The highest BCUT2D eigenvalue weighted by atomic mass is 31.2. The fourth-order valence-corrected chi connectivity index (χ4v) is 14.7. The van der Waals surface area contributed by atoms with Crippen LogP contribution in [0.2, 0.25) is 0 Å². The molecular weight excluding hydrogens is 1340 g/mol. The van der Waals surface area contributed by atoms with Crippen LogP contribution < -0.4 is 0 Å². The minimum atomic E-state index is -5.69. The Bertz CT molecular complexity index is 2100. The lowest BCUT2D eigenvalue weighted by Gasteiger charge is -2.49. The third-order valence-corrected chi connectivity index (χ3v) is 21.4. The summed E-state index contributed by atoms with van der Waals surface area (Å²) in [4.78, 5) is 51.1. The van der Waals surface area contributed by atoms with Crippen molar-refractivity contribution in [3.05, 3.63) is 0 Å². The van der Waals surface area contributed by atoms with Gasteiger partial charge in [0.1, 0.15) is 98.7 Å². The highest BCUT2D eigenvalue weighted by molar-refractivity contribution is 7.47. The highest BCUT2D eigenvalue weighted by Gasteiger charge is 2.58. The SMILES string of the molecule is CCCCCCCCCCCCCCCCCCCC(=O)OCC1OC(OC2C(O)C(O)C(O)C(OC3OC(CO)C(O)C(O)C3O)C2OP(=O)(O)OCC(COC(=O)CCCCCCCCCCCCCCC)OC(=O)CCCCCCCCCCCCCCCCCCC)C(O)C(O)C1O. The number of ether oxygens (including phenoxy) is 7. The number of aliphatic hydroxyl groups excluding tert-OH is 10. The van der Waals surface area contributed by atoms with Gasteiger partial charge in [-0.05, 0) is 19.3 Å². The van der Waals surface area contributed by atoms with Crippen LogP contribution in [0.15, 0.2) is 0 Å². The standard InChI is InChI=1S/C77H145O24P/c1-4-7-10-13-16-19-22-25-27-29-31-34-37-40-43-46-49-52-62(80)94-57-60-65(83)67(85)72(90)77(98-60)100-74-70(88)68(86)69(87)73(99-76-71(89)66(84)64(82)59(54-78)97-76)75(74)101-102(91,92)95-56-58(55-93-61(79)51-48-45-42-39-36-33-24-21-18-15-12-9-6-3)96-63(81)53-50-47-44-41-38-35-32-30-28-26-23-20-17-14-11-8-5-2/h58-60,64-78,82-90H,4-57H2,1-3H3,(H,91,92). The van der Waals surface area contributed by atoms with Gasteiger partial charge < -0.3 is 89.1 Å². The second-order valence-corrected chi connectivity index (χ2v) is 30.9. The van der Waals surface area contributed by atoms with Crippen LogP contribution in [-0.2, 0) is 61.2 Å². The van der Waals surface area contributed by atoms with Crippen LogP contribution in [0.1, 0.15) is 342 Å². The summed E-state index contributed by atoms with van der Waals surface area (Å²) in [6, 6.07) is 0. The first kappa shape index (κ1) is 94.2. The minimum Gasteiger partial charge on any atom is -0.463 e. The zero-order chi connectivity index (χ0) is 74.6. The average Bonchev–Trinajstić information content (AvgIpc) is 0.761. The van der Waals surface area contributed by atoms with E-state index in [2.05, 4.69) is 20.8 Å². The van der Waals surface area contributed by atoms with Crippen molar-refractivity contribution in [3.63, 3.8) is 0 Å². The Kier molecular flexibility index (Phi) is 54.4. The van der Waals surface area contributed by atoms with Gasteiger partial charge in [0.2, 0.25) is 0 Å². The van der Waals surface area contributed by atoms with Crippen molar-refractivity contribution in [3.8, 4) is 0 Å². The van der Waals surface area contributed by atoms with Crippen molar-refractivity contribution in [2.75, 3.05) is 26.4 Å². The summed E-state index contributed by atoms with van der Waals surface area (Å²) in [6.45, 7) is 3.51. The lowest BCUT2D eigenvalue weighted by atomic mass is 9.84. The van der Waals surface area contributed by atoms with Gasteiger partial charge in [0.15, 0.2) is 18.7 Å². The molecule has 0 radical (unpaired) electrons. The Hall–Kier alpha value is -2.04. The molecule has 102 heavy (non-hydrogen) atoms. The monoisotopic (exact) mass is 1480 g/mol. The summed E-state index contributed by atoms with van der Waals surface area (Å²) < 4.78 is 65.2. The number of carbonyl (C=O) groups is 3. The number of hydrogen-bond acceptors (Lipinski definition) is 23. The number of rotatable bonds is 65. The number of hydrogen-bond donors (Lipinski definition) is 11. The molecule has 0 aromatic rings. The largest absolute Gasteiger partial charge is 0.472 e. The molecule has 3 rings (SSSR count). The van der Waals surface area contributed by atoms with Crippen LogP contribution >= 0.6 is 7.82 Å². The predicted molar refractivity (Wildman–Crippen MR) is 389 cm³/mol. The number of phosphoric ester groups is 1. The Morgan fingerprint density at radius 1 is 0.343 bits per heavy atom. The third-order valence-electron chi connectivity index (χ3n) is 20.4. The van der Waals surface area contributed by atoms with Gasteiger partial charge in [0.05, 0.1) is 13.2 Å². The molecule has 1 aliphatic carbocycles. The van der Waals surface area contributed by atoms with E-state index in [4.69, 9.17) is 42.2 Å². The zero-order valence-electron chi connectivity index (χ0n) is 63.2. The molecule has 1 saturated carbocycles. The molecule has 25 heteroatoms. The second-order valence-electron chi connectivity index (χ2n) is 29.5. The van der Waals surface area contributed by atoms with Gasteiger partial charge >= 0.3 is 25.7 Å². The van der Waals surface area contributed by atoms with Gasteiger partial charge in [-0.25, -0.2) is 4.57 Å². The van der Waals surface area contributed by atoms with Crippen molar-refractivity contribution in [2.45, 2.75) is 446 Å². The molecule has 0 aromatic carbocycles. The summed E-state index contributed by atoms with van der Waals surface area (Å²) in [5.74, 6) is -1.97. The van der Waals surface area contributed by atoms with Gasteiger partial charge in [-0.15, -0.1) is 0 Å². The first-order chi connectivity index (χ1) is 49.3. The van der Waals surface area contributed by atoms with Gasteiger partial charge in [-0.2, -0.15) is 0 Å². The molecule has 2 saturated heterocycles. The summed E-state index contributed by atoms with van der Waals surface area (Å²) in [6.07, 6.45) is 18.5. The number of phosphoric acid groups is 1. The summed E-state index contributed by atoms with van der Waals surface area (Å²) in [7, 11) is -5.69. The second kappa shape index (κ2) is 58.9. The third kappa shape index (κ3) is 41.0. The van der Waals surface area contributed by atoms with Crippen LogP contribution in [0, 0.1) is 0 Å². The van der Waals surface area contributed by atoms with E-state index >= 15 is 0 Å². The van der Waals surface area contributed by atoms with Crippen LogP contribution in [0.3, 0.4) is 0 Å². The molecule has 0 bridgehead atoms. The first-order valence-corrected chi connectivity index (χ1v) is 42.3. The number of unbranched alkanes of at least 4 members (excludes halogenated alkanes) is 44. The summed E-state index contributed by atoms with van der Waals surface area (Å²) >= 11 is 0. The molecule has 2 heterocycles. The van der Waals surface area contributed by atoms with E-state index in [-0.39, 0.29) is 19.3 Å². The number of esters is 3. The Morgan fingerprint density at radius 3 is 0.961 bits per heavy atom. The molecule has 24 nitrogen and oxygen atoms in total. The first-order valence-electron chi connectivity index (χ1n) is 40.8. The van der Waals surface area contributed by atoms with E-state index in [1.165, 1.54) is 193 Å². The Labute approximate surface area is 612 Å². The normalized spacial score (nSPS) is 27.0. The highest BCUT2D eigenvalue weighted by Crippen LogP contribution is 2.49. The van der Waals surface area contributed by atoms with Crippen LogP contribution in [0.25, 0.3) is 0 Å². The molecule has 3 aliphatic rings. The van der Waals surface area contributed by atoms with E-state index in [9.17, 15) is 74.9 Å². The van der Waals surface area contributed by atoms with E-state index in [1.807, 2.05) is 0 Å². The van der Waals surface area contributed by atoms with Gasteiger partial charge in [0, 0.05) is 19.3 Å². The van der Waals surface area contributed by atoms with Gasteiger partial charge in [-0.1, -0.05) is 303 Å². The number of aliphatic hydroxyl groups is 10. The average molecular weight is 1490 g/mol. The molecule has 602 valence electrons. The minimum absolute atomic E-state index is 0.0326. The van der Waals surface area contributed by atoms with Gasteiger partial charge in [-0.3, -0.25) is 23.4 Å². The number of carbonyl (C=O) groups excluding carboxylic acids is 3. The van der Waals surface area contributed by atoms with Crippen molar-refractivity contribution >= 4 is 25.7 Å². The quantitative estimate of drug-likeness (QED) is 0.0117. The molecule has 11 N–H and O–H groups in total. The molecule has 18 atom stereocenters. The predicted octanol–water partition coefficient (Wildman–Crippen LogP) is 12.5. The molecule has 0 spiro atoms. The molecule has 3 fully saturated rings. The van der Waals surface area contributed by atoms with Crippen molar-refractivity contribution in [1.82, 2.24) is 0 Å². The lowest BCUT2D eigenvalue weighted by molar-refractivity contribution is -0.360. The lowest BCUT2D eigenvalue weighted by Crippen LogP contribution is -2.69. The smallest absolute Gasteiger partial charge is 0.463 e. The van der Waals surface area contributed by atoms with E-state index in [0.29, 0.717) is 19.3 Å². The van der Waals surface area contributed by atoms with Crippen LogP contribution in [0.4, 0.5) is 0 Å². The molecule has 0 aromatic heterocycles. The molecule has 2 aliphatic heterocycles. The van der Waals surface area contributed by atoms with E-state index < -0.39 is 156 Å². The Balaban J connectivity index is 1.69. The van der Waals surface area contributed by atoms with Crippen molar-refractivity contribution in [1.29, 1.82) is 0 Å². The maximum Gasteiger partial charge on any atom is 0.472 e. The van der Waals surface area contributed by atoms with E-state index in [0.717, 1.165) is 89.9 Å². The molecular formula is C77H145O24P. The van der Waals surface area contributed by atoms with Crippen molar-refractivity contribution < 1.29 is 117 Å². The maximum atomic E-state index is 14.4. The van der Waals surface area contributed by atoms with Gasteiger partial charge in [0.25, 0.3) is 0 Å². The zero-order valence-corrected chi connectivity index (χ0v) is 64.1. The molecule has 18 unspecified atom stereocenters. The molecule has 0 amide bonds. The van der Waals surface area contributed by atoms with E-state index in [1.54, 1.807) is 0 Å². The summed E-state index contributed by atoms with van der Waals surface area (Å²) in [5.41, 5.74) is 0. The van der Waals surface area contributed by atoms with Crippen molar-refractivity contribution in [2.24, 2.45) is 0 Å². The maximum absolute atomic E-state index is 14.4. The van der Waals surface area contributed by atoms with Crippen LogP contribution in [-0.4, -0.2) is 204 Å². The fourth-order valence-electron chi connectivity index (χ4n) is 13.8. The fraction of sp³-hybridized carbons (Fsp3) is 0.961. The van der Waals surface area contributed by atoms with Crippen LogP contribution in [0.5, 0.6) is 0 Å². The topological polar surface area (TPSA) is 374 Å². The summed E-state index contributed by atoms with van der Waals surface area (Å²) in [5, 5.41) is 110.